The summed E-state index contributed by atoms with van der Waals surface area (Å²) in [5.74, 6) is -2.36. The molecule has 1 rings (SSSR count). The van der Waals surface area contributed by atoms with Crippen molar-refractivity contribution in [3.05, 3.63) is 22.8 Å². The predicted octanol–water partition coefficient (Wildman–Crippen LogP) is 3.35. The third-order valence-electron chi connectivity index (χ3n) is 2.52. The highest BCUT2D eigenvalue weighted by molar-refractivity contribution is 8.76. The van der Waals surface area contributed by atoms with Crippen molar-refractivity contribution in [3.8, 4) is 5.88 Å². The minimum absolute atomic E-state index is 0.133. The average molecular weight is 479 g/mol. The minimum atomic E-state index is -5.08. The van der Waals surface area contributed by atoms with Gasteiger partial charge in [0.1, 0.15) is 0 Å². The second-order valence-electron chi connectivity index (χ2n) is 4.76. The number of pyridine rings is 1. The number of amides is 1. The highest BCUT2D eigenvalue weighted by Gasteiger charge is 2.38. The molecule has 0 bridgehead atoms. The van der Waals surface area contributed by atoms with Crippen LogP contribution in [0.2, 0.25) is 5.02 Å². The van der Waals surface area contributed by atoms with Crippen molar-refractivity contribution in [1.82, 2.24) is 10.3 Å². The standard InChI is InChI=1S/C13H17ClN2O4S2.C2HF3O2/c1-2-20-10-4-3-9(14)12(16-10)13(19)15-6-8-22-21-7-5-11(17)18;3-2(4,5)1(6)7/h3-4H,2,5-8H2,1H3,(H,15,19)(H,17,18);(H,6,7). The Labute approximate surface area is 176 Å². The molecule has 0 aromatic carbocycles. The van der Waals surface area contributed by atoms with Gasteiger partial charge in [-0.1, -0.05) is 33.2 Å². The molecule has 0 saturated heterocycles. The van der Waals surface area contributed by atoms with Crippen molar-refractivity contribution in [1.29, 1.82) is 0 Å². The van der Waals surface area contributed by atoms with Gasteiger partial charge < -0.3 is 20.3 Å². The van der Waals surface area contributed by atoms with Crippen LogP contribution >= 0.6 is 33.2 Å². The highest BCUT2D eigenvalue weighted by atomic mass is 35.5. The first kappa shape index (κ1) is 27.1. The predicted molar refractivity (Wildman–Crippen MR) is 104 cm³/mol. The van der Waals surface area contributed by atoms with Gasteiger partial charge in [-0.25, -0.2) is 9.78 Å². The molecule has 8 nitrogen and oxygen atoms in total. The van der Waals surface area contributed by atoms with Gasteiger partial charge in [-0.15, -0.1) is 0 Å². The Morgan fingerprint density at radius 2 is 1.79 bits per heavy atom. The monoisotopic (exact) mass is 478 g/mol. The number of rotatable bonds is 10. The maximum absolute atomic E-state index is 12.0. The molecule has 1 aromatic heterocycles. The number of halogens is 4. The maximum atomic E-state index is 12.0. The first-order valence-electron chi connectivity index (χ1n) is 7.82. The number of alkyl halides is 3. The third-order valence-corrected chi connectivity index (χ3v) is 5.24. The molecular weight excluding hydrogens is 461 g/mol. The van der Waals surface area contributed by atoms with Gasteiger partial charge in [-0.2, -0.15) is 13.2 Å². The molecule has 0 unspecified atom stereocenters. The number of nitrogens with one attached hydrogen (secondary N) is 1. The van der Waals surface area contributed by atoms with Crippen LogP contribution in [-0.4, -0.2) is 63.9 Å². The summed E-state index contributed by atoms with van der Waals surface area (Å²) in [5, 5.41) is 18.6. The molecule has 0 saturated carbocycles. The number of ether oxygens (including phenoxy) is 1. The molecule has 0 spiro atoms. The van der Waals surface area contributed by atoms with Crippen molar-refractivity contribution in [2.75, 3.05) is 24.7 Å². The molecule has 0 aliphatic rings. The molecule has 164 valence electrons. The fourth-order valence-corrected chi connectivity index (χ4v) is 3.43. The Bertz CT molecular complexity index is 695. The summed E-state index contributed by atoms with van der Waals surface area (Å²) in [5.41, 5.74) is 0.135. The van der Waals surface area contributed by atoms with Gasteiger partial charge in [0.2, 0.25) is 5.88 Å². The zero-order valence-electron chi connectivity index (χ0n) is 15.0. The van der Waals surface area contributed by atoms with E-state index < -0.39 is 18.1 Å². The first-order chi connectivity index (χ1) is 13.5. The van der Waals surface area contributed by atoms with Crippen molar-refractivity contribution in [3.63, 3.8) is 0 Å². The van der Waals surface area contributed by atoms with E-state index in [1.54, 1.807) is 12.1 Å². The normalized spacial score (nSPS) is 10.5. The number of aliphatic carboxylic acids is 2. The Morgan fingerprint density at radius 3 is 2.31 bits per heavy atom. The molecule has 1 amide bonds. The third kappa shape index (κ3) is 13.1. The largest absolute Gasteiger partial charge is 0.490 e. The fraction of sp³-hybridized carbons (Fsp3) is 0.467. The number of hydrogen-bond donors (Lipinski definition) is 3. The summed E-state index contributed by atoms with van der Waals surface area (Å²) in [4.78, 5) is 35.3. The topological polar surface area (TPSA) is 126 Å². The number of nitrogens with zero attached hydrogens (tertiary/aromatic N) is 1. The zero-order chi connectivity index (χ0) is 22.4. The SMILES string of the molecule is CCOc1ccc(Cl)c(C(=O)NCCSSCCC(=O)O)n1.O=C(O)C(F)(F)F. The van der Waals surface area contributed by atoms with Crippen LogP contribution in [-0.2, 0) is 9.59 Å². The minimum Gasteiger partial charge on any atom is -0.481 e. The summed E-state index contributed by atoms with van der Waals surface area (Å²) >= 11 is 5.96. The van der Waals surface area contributed by atoms with Crippen LogP contribution in [0.25, 0.3) is 0 Å². The second-order valence-corrected chi connectivity index (χ2v) is 7.87. The molecule has 0 fully saturated rings. The van der Waals surface area contributed by atoms with Gasteiger partial charge in [-0.05, 0) is 13.0 Å². The molecule has 0 atom stereocenters. The van der Waals surface area contributed by atoms with E-state index in [0.29, 0.717) is 30.5 Å². The number of carboxylic acid groups (broad SMARTS) is 2. The smallest absolute Gasteiger partial charge is 0.481 e. The van der Waals surface area contributed by atoms with E-state index in [9.17, 15) is 22.8 Å². The molecule has 1 heterocycles. The van der Waals surface area contributed by atoms with Crippen LogP contribution in [0.15, 0.2) is 12.1 Å². The van der Waals surface area contributed by atoms with Crippen LogP contribution in [0, 0.1) is 0 Å². The van der Waals surface area contributed by atoms with Crippen molar-refractivity contribution >= 4 is 51.0 Å². The number of carbonyl (C=O) groups excluding carboxylic acids is 1. The fourth-order valence-electron chi connectivity index (χ4n) is 1.35. The highest BCUT2D eigenvalue weighted by Crippen LogP contribution is 2.21. The van der Waals surface area contributed by atoms with Gasteiger partial charge in [0, 0.05) is 24.1 Å². The molecule has 0 radical (unpaired) electrons. The number of hydrogen-bond acceptors (Lipinski definition) is 7. The van der Waals surface area contributed by atoms with Gasteiger partial charge in [0.25, 0.3) is 5.91 Å². The summed E-state index contributed by atoms with van der Waals surface area (Å²) in [6.45, 7) is 2.73. The quantitative estimate of drug-likeness (QED) is 0.342. The number of aromatic nitrogens is 1. The van der Waals surface area contributed by atoms with Crippen LogP contribution in [0.3, 0.4) is 0 Å². The van der Waals surface area contributed by atoms with Crippen LogP contribution < -0.4 is 10.1 Å². The summed E-state index contributed by atoms with van der Waals surface area (Å²) in [7, 11) is 2.97. The van der Waals surface area contributed by atoms with E-state index in [1.165, 1.54) is 21.6 Å². The Balaban J connectivity index is 0.000000956. The van der Waals surface area contributed by atoms with E-state index >= 15 is 0 Å². The Hall–Kier alpha value is -1.86. The lowest BCUT2D eigenvalue weighted by atomic mass is 10.3. The lowest BCUT2D eigenvalue weighted by Gasteiger charge is -2.08. The second kappa shape index (κ2) is 14.2. The number of carboxylic acids is 2. The first-order valence-corrected chi connectivity index (χ1v) is 10.7. The lowest BCUT2D eigenvalue weighted by molar-refractivity contribution is -0.192. The van der Waals surface area contributed by atoms with Crippen molar-refractivity contribution < 1.29 is 42.5 Å². The van der Waals surface area contributed by atoms with E-state index in [4.69, 9.17) is 31.3 Å². The average Bonchev–Trinajstić information content (AvgIpc) is 2.62. The van der Waals surface area contributed by atoms with E-state index in [0.717, 1.165) is 0 Å². The van der Waals surface area contributed by atoms with E-state index in [1.807, 2.05) is 6.92 Å². The molecule has 0 aliphatic carbocycles. The molecule has 3 N–H and O–H groups in total. The lowest BCUT2D eigenvalue weighted by Crippen LogP contribution is -2.27. The summed E-state index contributed by atoms with van der Waals surface area (Å²) in [6.07, 6.45) is -4.95. The van der Waals surface area contributed by atoms with Crippen molar-refractivity contribution in [2.24, 2.45) is 0 Å². The Morgan fingerprint density at radius 1 is 1.21 bits per heavy atom. The van der Waals surface area contributed by atoms with Crippen LogP contribution in [0.1, 0.15) is 23.8 Å². The van der Waals surface area contributed by atoms with Gasteiger partial charge in [0.05, 0.1) is 18.1 Å². The Kier molecular flexibility index (Phi) is 13.3. The van der Waals surface area contributed by atoms with E-state index in [2.05, 4.69) is 10.3 Å². The summed E-state index contributed by atoms with van der Waals surface area (Å²) < 4.78 is 37.0. The molecule has 1 aromatic rings. The van der Waals surface area contributed by atoms with Gasteiger partial charge >= 0.3 is 18.1 Å². The molecule has 0 aliphatic heterocycles. The van der Waals surface area contributed by atoms with E-state index in [-0.39, 0.29) is 23.0 Å². The molecule has 14 heteroatoms. The van der Waals surface area contributed by atoms with Gasteiger partial charge in [-0.3, -0.25) is 9.59 Å². The summed E-state index contributed by atoms with van der Waals surface area (Å²) in [6, 6.07) is 3.18. The van der Waals surface area contributed by atoms with Crippen molar-refractivity contribution in [2.45, 2.75) is 19.5 Å². The maximum Gasteiger partial charge on any atom is 0.490 e. The van der Waals surface area contributed by atoms with Crippen LogP contribution in [0.4, 0.5) is 13.2 Å². The van der Waals surface area contributed by atoms with Crippen LogP contribution in [0.5, 0.6) is 5.88 Å². The molecule has 29 heavy (non-hydrogen) atoms. The molecular formula is C15H18ClF3N2O6S2. The van der Waals surface area contributed by atoms with Gasteiger partial charge in [0.15, 0.2) is 5.69 Å². The number of carbonyl (C=O) groups is 3. The zero-order valence-corrected chi connectivity index (χ0v) is 17.4.